The molecule has 0 amide bonds. The Morgan fingerprint density at radius 1 is 0.393 bits per heavy atom. The van der Waals surface area contributed by atoms with Crippen molar-refractivity contribution in [1.82, 2.24) is 0 Å². The lowest BCUT2D eigenvalue weighted by atomic mass is 9.33. The van der Waals surface area contributed by atoms with Crippen LogP contribution in [0.2, 0.25) is 0 Å². The van der Waals surface area contributed by atoms with Crippen LogP contribution in [0.4, 0.5) is 78.0 Å². The minimum absolute atomic E-state index is 0.181. The Labute approximate surface area is 343 Å². The fraction of sp³-hybridized carbons (Fsp3) is 0.125. The molecule has 1 saturated carbocycles. The third-order valence-electron chi connectivity index (χ3n) is 12.2. The Bertz CT molecular complexity index is 2880. The third-order valence-corrected chi connectivity index (χ3v) is 12.2. The molecule has 2 nitrogen and oxygen atoms in total. The van der Waals surface area contributed by atoms with Gasteiger partial charge in [0, 0.05) is 34.1 Å². The summed E-state index contributed by atoms with van der Waals surface area (Å²) < 4.78 is 147. The molecular weight excluding hydrogens is 805 g/mol. The van der Waals surface area contributed by atoms with Crippen molar-refractivity contribution in [3.05, 3.63) is 173 Å². The molecule has 0 aromatic heterocycles. The SMILES string of the molecule is Fc1c(F)c(F)c(-c2ccc(N3c4ccccc4B4c5cc(-c6c(F)c(F)c(F)c(F)c6F)ccc5N(c5ccccc5)c5cc(C6CCCCC6)cc3c54)cc2)c(F)c1F. The highest BCUT2D eigenvalue weighted by Gasteiger charge is 2.44. The van der Waals surface area contributed by atoms with Gasteiger partial charge in [0.05, 0.1) is 11.1 Å². The van der Waals surface area contributed by atoms with E-state index < -0.39 is 76.0 Å². The highest BCUT2D eigenvalue weighted by Crippen LogP contribution is 2.48. The van der Waals surface area contributed by atoms with Gasteiger partial charge in [0.2, 0.25) is 11.6 Å². The first-order valence-corrected chi connectivity index (χ1v) is 19.7. The van der Waals surface area contributed by atoms with E-state index in [4.69, 9.17) is 0 Å². The molecule has 7 aromatic carbocycles. The molecule has 10 rings (SSSR count). The Morgan fingerprint density at radius 2 is 0.852 bits per heavy atom. The zero-order chi connectivity index (χ0) is 42.4. The Morgan fingerprint density at radius 3 is 1.43 bits per heavy atom. The smallest absolute Gasteiger partial charge is 0.252 e. The zero-order valence-electron chi connectivity index (χ0n) is 31.8. The Kier molecular flexibility index (Phi) is 9.26. The number of nitrogens with zero attached hydrogens (tertiary/aromatic N) is 2. The lowest BCUT2D eigenvalue weighted by molar-refractivity contribution is 0.381. The second-order valence-corrected chi connectivity index (χ2v) is 15.5. The number of halogens is 10. The van der Waals surface area contributed by atoms with Crippen LogP contribution in [-0.4, -0.2) is 6.71 Å². The van der Waals surface area contributed by atoms with E-state index >= 15 is 8.78 Å². The van der Waals surface area contributed by atoms with Gasteiger partial charge < -0.3 is 9.80 Å². The summed E-state index contributed by atoms with van der Waals surface area (Å²) in [4.78, 5) is 3.96. The molecule has 0 atom stereocenters. The molecule has 2 heterocycles. The lowest BCUT2D eigenvalue weighted by Gasteiger charge is -2.45. The second-order valence-electron chi connectivity index (χ2n) is 15.5. The fourth-order valence-electron chi connectivity index (χ4n) is 9.43. The fourth-order valence-corrected chi connectivity index (χ4v) is 9.43. The van der Waals surface area contributed by atoms with Crippen molar-refractivity contribution < 1.29 is 43.9 Å². The largest absolute Gasteiger partial charge is 0.311 e. The van der Waals surface area contributed by atoms with E-state index in [1.807, 2.05) is 58.3 Å². The summed E-state index contributed by atoms with van der Waals surface area (Å²) in [5.74, 6) is -20.5. The summed E-state index contributed by atoms with van der Waals surface area (Å²) in [6.45, 7) is -0.651. The summed E-state index contributed by atoms with van der Waals surface area (Å²) in [5, 5.41) is 0. The number of hydrogen-bond acceptors (Lipinski definition) is 2. The van der Waals surface area contributed by atoms with E-state index in [2.05, 4.69) is 12.1 Å². The van der Waals surface area contributed by atoms with Crippen molar-refractivity contribution in [3.8, 4) is 22.3 Å². The van der Waals surface area contributed by atoms with Gasteiger partial charge in [-0.1, -0.05) is 79.9 Å². The van der Waals surface area contributed by atoms with E-state index in [-0.39, 0.29) is 17.0 Å². The van der Waals surface area contributed by atoms with E-state index in [9.17, 15) is 35.1 Å². The molecule has 1 fully saturated rings. The highest BCUT2D eigenvalue weighted by molar-refractivity contribution is 7.00. The van der Waals surface area contributed by atoms with Crippen LogP contribution >= 0.6 is 0 Å². The van der Waals surface area contributed by atoms with Gasteiger partial charge in [-0.15, -0.1) is 0 Å². The van der Waals surface area contributed by atoms with Gasteiger partial charge in [-0.2, -0.15) is 0 Å². The first kappa shape index (κ1) is 38.7. The summed E-state index contributed by atoms with van der Waals surface area (Å²) in [6, 6.07) is 30.9. The number of benzene rings is 7. The Balaban J connectivity index is 1.24. The van der Waals surface area contributed by atoms with Gasteiger partial charge in [0.1, 0.15) is 0 Å². The molecular formula is C48H29BF10N2. The number of fused-ring (bicyclic) bond motifs is 4. The van der Waals surface area contributed by atoms with E-state index in [0.717, 1.165) is 54.5 Å². The minimum atomic E-state index is -2.26. The zero-order valence-corrected chi connectivity index (χ0v) is 31.8. The van der Waals surface area contributed by atoms with Crippen molar-refractivity contribution in [2.45, 2.75) is 38.0 Å². The van der Waals surface area contributed by atoms with Gasteiger partial charge in [-0.3, -0.25) is 0 Å². The number of anilines is 6. The first-order chi connectivity index (χ1) is 29.5. The molecule has 7 aromatic rings. The summed E-state index contributed by atoms with van der Waals surface area (Å²) >= 11 is 0. The molecule has 1 aliphatic carbocycles. The van der Waals surface area contributed by atoms with Crippen LogP contribution in [0.3, 0.4) is 0 Å². The number of para-hydroxylation sites is 2. The average Bonchev–Trinajstić information content (AvgIpc) is 3.29. The summed E-state index contributed by atoms with van der Waals surface area (Å²) in [5.41, 5.74) is 4.30. The van der Waals surface area contributed by atoms with E-state index in [1.54, 1.807) is 12.1 Å². The average molecular weight is 835 g/mol. The summed E-state index contributed by atoms with van der Waals surface area (Å²) in [7, 11) is 0. The van der Waals surface area contributed by atoms with Gasteiger partial charge >= 0.3 is 0 Å². The maximum Gasteiger partial charge on any atom is 0.252 e. The molecule has 13 heteroatoms. The Hall–Kier alpha value is -6.50. The van der Waals surface area contributed by atoms with Crippen molar-refractivity contribution >= 4 is 57.2 Å². The molecule has 0 radical (unpaired) electrons. The van der Waals surface area contributed by atoms with Crippen molar-refractivity contribution in [3.63, 3.8) is 0 Å². The van der Waals surface area contributed by atoms with Crippen LogP contribution < -0.4 is 26.2 Å². The predicted molar refractivity (Wildman–Crippen MR) is 217 cm³/mol. The maximum absolute atomic E-state index is 15.5. The highest BCUT2D eigenvalue weighted by atomic mass is 19.2. The molecule has 61 heavy (non-hydrogen) atoms. The molecule has 304 valence electrons. The molecule has 0 saturated heterocycles. The number of hydrogen-bond donors (Lipinski definition) is 0. The van der Waals surface area contributed by atoms with Crippen LogP contribution in [0, 0.1) is 58.2 Å². The van der Waals surface area contributed by atoms with Gasteiger partial charge in [-0.25, -0.2) is 43.9 Å². The van der Waals surface area contributed by atoms with Crippen LogP contribution in [0.1, 0.15) is 43.6 Å². The molecule has 0 unspecified atom stereocenters. The third kappa shape index (κ3) is 5.87. The molecule has 0 spiro atoms. The first-order valence-electron chi connectivity index (χ1n) is 19.7. The van der Waals surface area contributed by atoms with Crippen LogP contribution in [0.5, 0.6) is 0 Å². The van der Waals surface area contributed by atoms with Crippen molar-refractivity contribution in [2.75, 3.05) is 9.80 Å². The maximum atomic E-state index is 15.5. The van der Waals surface area contributed by atoms with Crippen LogP contribution in [0.15, 0.2) is 109 Å². The standard InChI is InChI=1S/C48H29BF10N2/c50-39-36(40(51)44(55)47(58)43(39)54)25-15-18-29(19-16-25)61-32-14-8-7-13-30(32)49-31-21-26(37-41(52)45(56)48(59)46(57)42(37)53)17-20-33(31)60(28-11-5-2-6-12-28)34-22-27(23-35(61)38(34)49)24-9-3-1-4-10-24/h2,5-8,11-24H,1,3-4,9-10H2. The minimum Gasteiger partial charge on any atom is -0.311 e. The quantitative estimate of drug-likeness (QED) is 0.0738. The molecule has 0 N–H and O–H groups in total. The number of rotatable bonds is 5. The van der Waals surface area contributed by atoms with Gasteiger partial charge in [0.15, 0.2) is 46.5 Å². The lowest BCUT2D eigenvalue weighted by Crippen LogP contribution is -2.61. The van der Waals surface area contributed by atoms with E-state index in [1.165, 1.54) is 36.4 Å². The second kappa shape index (κ2) is 14.6. The predicted octanol–water partition coefficient (Wildman–Crippen LogP) is 12.5. The molecule has 3 aliphatic rings. The van der Waals surface area contributed by atoms with Gasteiger partial charge in [0.25, 0.3) is 6.71 Å². The molecule has 2 aliphatic heterocycles. The topological polar surface area (TPSA) is 6.48 Å². The van der Waals surface area contributed by atoms with Crippen LogP contribution in [-0.2, 0) is 0 Å². The van der Waals surface area contributed by atoms with Gasteiger partial charge in [-0.05, 0) is 100 Å². The molecule has 0 bridgehead atoms. The van der Waals surface area contributed by atoms with E-state index in [0.29, 0.717) is 33.7 Å². The van der Waals surface area contributed by atoms with Crippen molar-refractivity contribution in [2.24, 2.45) is 0 Å². The van der Waals surface area contributed by atoms with Crippen LogP contribution in [0.25, 0.3) is 22.3 Å². The normalized spacial score (nSPS) is 14.6. The van der Waals surface area contributed by atoms with Crippen molar-refractivity contribution in [1.29, 1.82) is 0 Å². The monoisotopic (exact) mass is 834 g/mol. The summed E-state index contributed by atoms with van der Waals surface area (Å²) in [6.07, 6.45) is 5.01.